The zero-order valence-electron chi connectivity index (χ0n) is 10.9. The average Bonchev–Trinajstić information content (AvgIpc) is 2.52. The molecule has 1 aromatic heterocycles. The third kappa shape index (κ3) is 3.91. The summed E-state index contributed by atoms with van der Waals surface area (Å²) in [7, 11) is 0. The number of nitriles is 1. The number of pyridine rings is 1. The first-order valence-electron chi connectivity index (χ1n) is 6.06. The second-order valence-corrected chi connectivity index (χ2v) is 3.92. The number of aromatic nitrogens is 1. The van der Waals surface area contributed by atoms with Crippen LogP contribution in [0.1, 0.15) is 5.56 Å². The van der Waals surface area contributed by atoms with Gasteiger partial charge < -0.3 is 19.6 Å². The summed E-state index contributed by atoms with van der Waals surface area (Å²) in [6.45, 7) is 0.324. The molecule has 1 aromatic carbocycles. The van der Waals surface area contributed by atoms with Gasteiger partial charge in [-0.25, -0.2) is 0 Å². The molecular formula is C14H11N3O4. The van der Waals surface area contributed by atoms with Crippen molar-refractivity contribution in [2.45, 2.75) is 0 Å². The highest BCUT2D eigenvalue weighted by Crippen LogP contribution is 2.22. The van der Waals surface area contributed by atoms with E-state index >= 15 is 0 Å². The fraction of sp³-hybridized carbons (Fsp3) is 0.143. The van der Waals surface area contributed by atoms with Gasteiger partial charge in [0.05, 0.1) is 11.6 Å². The minimum absolute atomic E-state index is 0.0943. The number of hydrogen-bond acceptors (Lipinski definition) is 6. The van der Waals surface area contributed by atoms with Crippen LogP contribution in [0.25, 0.3) is 0 Å². The van der Waals surface area contributed by atoms with Crippen LogP contribution in [0.5, 0.6) is 11.5 Å². The van der Waals surface area contributed by atoms with E-state index in [4.69, 9.17) is 14.7 Å². The summed E-state index contributed by atoms with van der Waals surface area (Å²) in [5.41, 5.74) is 0.497. The molecule has 0 atom stereocenters. The Balaban J connectivity index is 1.88. The maximum atomic E-state index is 10.7. The zero-order chi connectivity index (χ0) is 15.1. The summed E-state index contributed by atoms with van der Waals surface area (Å²) in [4.78, 5) is 13.8. The van der Waals surface area contributed by atoms with Gasteiger partial charge in [0, 0.05) is 0 Å². The standard InChI is InChI=1S/C14H11N3O4/c15-10-11-3-1-4-12(9-11)20-7-8-21-13-5-2-6-16-14(13)17(18)19/h1-6,9H,7-8H2. The molecule has 7 nitrogen and oxygen atoms in total. The second kappa shape index (κ2) is 6.86. The molecule has 21 heavy (non-hydrogen) atoms. The fourth-order valence-electron chi connectivity index (χ4n) is 1.60. The van der Waals surface area contributed by atoms with Crippen molar-refractivity contribution >= 4 is 5.82 Å². The smallest absolute Gasteiger partial charge is 0.406 e. The Hall–Kier alpha value is -3.14. The monoisotopic (exact) mass is 285 g/mol. The van der Waals surface area contributed by atoms with Gasteiger partial charge in [-0.2, -0.15) is 5.26 Å². The molecule has 2 aromatic rings. The number of benzene rings is 1. The van der Waals surface area contributed by atoms with Gasteiger partial charge in [0.25, 0.3) is 0 Å². The van der Waals surface area contributed by atoms with Crippen molar-refractivity contribution in [1.29, 1.82) is 5.26 Å². The lowest BCUT2D eigenvalue weighted by atomic mass is 10.2. The van der Waals surface area contributed by atoms with Crippen molar-refractivity contribution in [2.24, 2.45) is 0 Å². The Morgan fingerprint density at radius 2 is 2.05 bits per heavy atom. The molecule has 0 N–H and O–H groups in total. The summed E-state index contributed by atoms with van der Waals surface area (Å²) in [6, 6.07) is 11.7. The molecule has 0 aliphatic rings. The Morgan fingerprint density at radius 1 is 1.24 bits per heavy atom. The summed E-state index contributed by atoms with van der Waals surface area (Å²) < 4.78 is 10.7. The first-order valence-corrected chi connectivity index (χ1v) is 6.06. The van der Waals surface area contributed by atoms with E-state index in [-0.39, 0.29) is 24.8 Å². The lowest BCUT2D eigenvalue weighted by Gasteiger charge is -2.08. The van der Waals surface area contributed by atoms with Crippen LogP contribution in [0.2, 0.25) is 0 Å². The molecule has 0 radical (unpaired) electrons. The largest absolute Gasteiger partial charge is 0.490 e. The van der Waals surface area contributed by atoms with E-state index in [1.54, 1.807) is 30.3 Å². The Labute approximate surface area is 120 Å². The highest BCUT2D eigenvalue weighted by atomic mass is 16.6. The first kappa shape index (κ1) is 14.3. The van der Waals surface area contributed by atoms with E-state index in [9.17, 15) is 10.1 Å². The second-order valence-electron chi connectivity index (χ2n) is 3.92. The van der Waals surface area contributed by atoms with Crippen LogP contribution in [-0.2, 0) is 0 Å². The minimum atomic E-state index is -0.605. The van der Waals surface area contributed by atoms with E-state index in [0.29, 0.717) is 11.3 Å². The van der Waals surface area contributed by atoms with Crippen molar-refractivity contribution in [3.63, 3.8) is 0 Å². The van der Waals surface area contributed by atoms with Crippen LogP contribution >= 0.6 is 0 Å². The third-order valence-electron chi connectivity index (χ3n) is 2.50. The van der Waals surface area contributed by atoms with E-state index in [0.717, 1.165) is 0 Å². The van der Waals surface area contributed by atoms with Gasteiger partial charge in [-0.3, -0.25) is 0 Å². The molecular weight excluding hydrogens is 274 g/mol. The fourth-order valence-corrected chi connectivity index (χ4v) is 1.60. The molecule has 0 fully saturated rings. The van der Waals surface area contributed by atoms with Crippen LogP contribution < -0.4 is 9.47 Å². The summed E-state index contributed by atoms with van der Waals surface area (Å²) in [5, 5.41) is 19.5. The van der Waals surface area contributed by atoms with E-state index in [1.165, 1.54) is 12.3 Å². The van der Waals surface area contributed by atoms with Crippen LogP contribution in [0.4, 0.5) is 5.82 Å². The lowest BCUT2D eigenvalue weighted by Crippen LogP contribution is -2.10. The van der Waals surface area contributed by atoms with Crippen molar-refractivity contribution in [3.8, 4) is 17.6 Å². The van der Waals surface area contributed by atoms with Gasteiger partial charge in [-0.15, -0.1) is 0 Å². The molecule has 7 heteroatoms. The minimum Gasteiger partial charge on any atom is -0.490 e. The molecule has 0 unspecified atom stereocenters. The number of rotatable bonds is 6. The average molecular weight is 285 g/mol. The van der Waals surface area contributed by atoms with Crippen molar-refractivity contribution in [3.05, 3.63) is 58.3 Å². The molecule has 0 spiro atoms. The molecule has 0 aliphatic carbocycles. The van der Waals surface area contributed by atoms with Crippen LogP contribution in [0, 0.1) is 21.4 Å². The van der Waals surface area contributed by atoms with Gasteiger partial charge in [-0.1, -0.05) is 6.07 Å². The van der Waals surface area contributed by atoms with E-state index in [2.05, 4.69) is 4.98 Å². The van der Waals surface area contributed by atoms with Gasteiger partial charge in [-0.05, 0) is 40.2 Å². The number of ether oxygens (including phenoxy) is 2. The quantitative estimate of drug-likeness (QED) is 0.459. The molecule has 2 rings (SSSR count). The molecule has 0 saturated carbocycles. The maximum absolute atomic E-state index is 10.7. The zero-order valence-corrected chi connectivity index (χ0v) is 10.9. The van der Waals surface area contributed by atoms with Gasteiger partial charge in [0.1, 0.15) is 25.2 Å². The van der Waals surface area contributed by atoms with Crippen molar-refractivity contribution in [2.75, 3.05) is 13.2 Å². The molecule has 106 valence electrons. The molecule has 0 amide bonds. The van der Waals surface area contributed by atoms with Crippen molar-refractivity contribution < 1.29 is 14.4 Å². The lowest BCUT2D eigenvalue weighted by molar-refractivity contribution is -0.390. The van der Waals surface area contributed by atoms with Crippen LogP contribution in [0.15, 0.2) is 42.6 Å². The summed E-state index contributed by atoms with van der Waals surface area (Å²) >= 11 is 0. The highest BCUT2D eigenvalue weighted by molar-refractivity contribution is 5.38. The van der Waals surface area contributed by atoms with E-state index in [1.807, 2.05) is 6.07 Å². The normalized spacial score (nSPS) is 9.67. The molecule has 0 aliphatic heterocycles. The summed E-state index contributed by atoms with van der Waals surface area (Å²) in [5.74, 6) is 0.305. The van der Waals surface area contributed by atoms with Crippen LogP contribution in [-0.4, -0.2) is 23.1 Å². The van der Waals surface area contributed by atoms with E-state index < -0.39 is 4.92 Å². The van der Waals surface area contributed by atoms with Gasteiger partial charge >= 0.3 is 5.82 Å². The molecule has 0 bridgehead atoms. The predicted octanol–water partition coefficient (Wildman–Crippen LogP) is 2.32. The molecule has 0 saturated heterocycles. The number of hydrogen-bond donors (Lipinski definition) is 0. The number of nitrogens with zero attached hydrogens (tertiary/aromatic N) is 3. The Kier molecular flexibility index (Phi) is 4.66. The maximum Gasteiger partial charge on any atom is 0.406 e. The van der Waals surface area contributed by atoms with Gasteiger partial charge in [0.2, 0.25) is 5.75 Å². The van der Waals surface area contributed by atoms with Crippen LogP contribution in [0.3, 0.4) is 0 Å². The topological polar surface area (TPSA) is 98.3 Å². The third-order valence-corrected chi connectivity index (χ3v) is 2.50. The Morgan fingerprint density at radius 3 is 2.81 bits per heavy atom. The van der Waals surface area contributed by atoms with Gasteiger partial charge in [0.15, 0.2) is 0 Å². The van der Waals surface area contributed by atoms with Crippen molar-refractivity contribution in [1.82, 2.24) is 4.98 Å². The SMILES string of the molecule is N#Cc1cccc(OCCOc2cccnc2[N+](=O)[O-])c1. The first-order chi connectivity index (χ1) is 10.2. The summed E-state index contributed by atoms with van der Waals surface area (Å²) in [6.07, 6.45) is 1.33. The number of nitro groups is 1. The predicted molar refractivity (Wildman–Crippen MR) is 73.0 cm³/mol. The Bertz CT molecular complexity index is 682. The highest BCUT2D eigenvalue weighted by Gasteiger charge is 2.15. The molecule has 1 heterocycles.